The van der Waals surface area contributed by atoms with E-state index in [1.165, 1.54) is 18.4 Å². The second-order valence-electron chi connectivity index (χ2n) is 6.68. The summed E-state index contributed by atoms with van der Waals surface area (Å²) in [5.41, 5.74) is 1.47. The van der Waals surface area contributed by atoms with Crippen LogP contribution in [0.3, 0.4) is 0 Å². The number of hydrogen-bond acceptors (Lipinski definition) is 3. The molecule has 0 bridgehead atoms. The van der Waals surface area contributed by atoms with E-state index in [-0.39, 0.29) is 5.54 Å². The summed E-state index contributed by atoms with van der Waals surface area (Å²) in [6, 6.07) is 6.11. The first-order valence-corrected chi connectivity index (χ1v) is 7.41. The second-order valence-corrected chi connectivity index (χ2v) is 6.68. The average molecular weight is 277 g/mol. The quantitative estimate of drug-likeness (QED) is 0.892. The van der Waals surface area contributed by atoms with Gasteiger partial charge in [0.15, 0.2) is 0 Å². The Labute approximate surface area is 122 Å². The van der Waals surface area contributed by atoms with E-state index in [0.29, 0.717) is 11.8 Å². The Morgan fingerprint density at radius 1 is 1.15 bits per heavy atom. The van der Waals surface area contributed by atoms with Crippen molar-refractivity contribution < 1.29 is 9.47 Å². The van der Waals surface area contributed by atoms with Gasteiger partial charge < -0.3 is 14.8 Å². The topological polar surface area (TPSA) is 30.5 Å². The van der Waals surface area contributed by atoms with Crippen LogP contribution in [0, 0.1) is 5.92 Å². The molecule has 0 radical (unpaired) electrons. The van der Waals surface area contributed by atoms with E-state index >= 15 is 0 Å². The Balaban J connectivity index is 2.10. The van der Waals surface area contributed by atoms with E-state index in [2.05, 4.69) is 32.2 Å². The molecule has 0 spiro atoms. The molecule has 2 unspecified atom stereocenters. The van der Waals surface area contributed by atoms with Gasteiger partial charge in [-0.1, -0.05) is 0 Å². The fourth-order valence-electron chi connectivity index (χ4n) is 2.79. The van der Waals surface area contributed by atoms with Gasteiger partial charge in [-0.2, -0.15) is 0 Å². The van der Waals surface area contributed by atoms with Gasteiger partial charge in [0.1, 0.15) is 11.5 Å². The summed E-state index contributed by atoms with van der Waals surface area (Å²) in [4.78, 5) is 0. The zero-order valence-electron chi connectivity index (χ0n) is 13.3. The molecule has 20 heavy (non-hydrogen) atoms. The van der Waals surface area contributed by atoms with Crippen LogP contribution in [0.5, 0.6) is 11.5 Å². The normalized spacial score (nSPS) is 22.2. The SMILES string of the molecule is COc1ccc(OC)c(C2CCC2CNC(C)(C)C)c1. The summed E-state index contributed by atoms with van der Waals surface area (Å²) in [7, 11) is 3.46. The minimum atomic E-state index is 0.179. The van der Waals surface area contributed by atoms with Crippen LogP contribution in [0.2, 0.25) is 0 Å². The summed E-state index contributed by atoms with van der Waals surface area (Å²) < 4.78 is 10.9. The third-order valence-electron chi connectivity index (χ3n) is 4.15. The summed E-state index contributed by atoms with van der Waals surface area (Å²) in [5, 5.41) is 3.62. The largest absolute Gasteiger partial charge is 0.497 e. The molecule has 1 aliphatic rings. The van der Waals surface area contributed by atoms with Gasteiger partial charge >= 0.3 is 0 Å². The smallest absolute Gasteiger partial charge is 0.122 e. The number of methoxy groups -OCH3 is 2. The molecule has 1 aliphatic carbocycles. The molecule has 112 valence electrons. The van der Waals surface area contributed by atoms with Gasteiger partial charge in [-0.25, -0.2) is 0 Å². The van der Waals surface area contributed by atoms with Crippen molar-refractivity contribution in [2.24, 2.45) is 5.92 Å². The van der Waals surface area contributed by atoms with Gasteiger partial charge in [0.05, 0.1) is 14.2 Å². The highest BCUT2D eigenvalue weighted by molar-refractivity contribution is 5.43. The van der Waals surface area contributed by atoms with Crippen molar-refractivity contribution in [1.82, 2.24) is 5.32 Å². The van der Waals surface area contributed by atoms with E-state index in [1.807, 2.05) is 12.1 Å². The zero-order chi connectivity index (χ0) is 14.8. The van der Waals surface area contributed by atoms with Gasteiger partial charge in [0.2, 0.25) is 0 Å². The maximum absolute atomic E-state index is 5.52. The lowest BCUT2D eigenvalue weighted by Crippen LogP contribution is -2.43. The van der Waals surface area contributed by atoms with Crippen LogP contribution in [0.1, 0.15) is 45.1 Å². The Bertz CT molecular complexity index is 451. The molecular formula is C17H27NO2. The molecule has 3 heteroatoms. The molecule has 1 N–H and O–H groups in total. The van der Waals surface area contributed by atoms with E-state index in [9.17, 15) is 0 Å². The zero-order valence-corrected chi connectivity index (χ0v) is 13.3. The Hall–Kier alpha value is -1.22. The van der Waals surface area contributed by atoms with Crippen molar-refractivity contribution in [3.8, 4) is 11.5 Å². The van der Waals surface area contributed by atoms with E-state index in [1.54, 1.807) is 14.2 Å². The lowest BCUT2D eigenvalue weighted by Gasteiger charge is -2.39. The van der Waals surface area contributed by atoms with Crippen LogP contribution < -0.4 is 14.8 Å². The van der Waals surface area contributed by atoms with Crippen LogP contribution in [-0.4, -0.2) is 26.3 Å². The predicted molar refractivity (Wildman–Crippen MR) is 82.8 cm³/mol. The molecule has 1 aromatic rings. The highest BCUT2D eigenvalue weighted by Gasteiger charge is 2.34. The highest BCUT2D eigenvalue weighted by atomic mass is 16.5. The maximum Gasteiger partial charge on any atom is 0.122 e. The van der Waals surface area contributed by atoms with Crippen molar-refractivity contribution >= 4 is 0 Å². The standard InChI is InChI=1S/C17H27NO2/c1-17(2,3)18-11-12-6-8-14(12)15-10-13(19-4)7-9-16(15)20-5/h7,9-10,12,14,18H,6,8,11H2,1-5H3. The Morgan fingerprint density at radius 2 is 1.90 bits per heavy atom. The number of benzene rings is 1. The maximum atomic E-state index is 5.52. The molecule has 2 rings (SSSR count). The van der Waals surface area contributed by atoms with Crippen LogP contribution in [0.25, 0.3) is 0 Å². The van der Waals surface area contributed by atoms with E-state index in [0.717, 1.165) is 18.0 Å². The molecule has 0 aliphatic heterocycles. The summed E-state index contributed by atoms with van der Waals surface area (Å²) in [6.45, 7) is 7.71. The average Bonchev–Trinajstić information content (AvgIpc) is 2.36. The van der Waals surface area contributed by atoms with Crippen molar-refractivity contribution in [3.63, 3.8) is 0 Å². The first kappa shape index (κ1) is 15.2. The molecule has 0 heterocycles. The molecule has 1 fully saturated rings. The first-order chi connectivity index (χ1) is 9.44. The monoisotopic (exact) mass is 277 g/mol. The first-order valence-electron chi connectivity index (χ1n) is 7.41. The van der Waals surface area contributed by atoms with Crippen LogP contribution in [0.4, 0.5) is 0 Å². The van der Waals surface area contributed by atoms with Crippen molar-refractivity contribution in [1.29, 1.82) is 0 Å². The Morgan fingerprint density at radius 3 is 2.40 bits per heavy atom. The van der Waals surface area contributed by atoms with Crippen molar-refractivity contribution in [3.05, 3.63) is 23.8 Å². The van der Waals surface area contributed by atoms with E-state index < -0.39 is 0 Å². The molecule has 3 nitrogen and oxygen atoms in total. The second kappa shape index (κ2) is 6.04. The number of hydrogen-bond donors (Lipinski definition) is 1. The van der Waals surface area contributed by atoms with Crippen LogP contribution in [-0.2, 0) is 0 Å². The van der Waals surface area contributed by atoms with Crippen LogP contribution >= 0.6 is 0 Å². The third kappa shape index (κ3) is 3.45. The summed E-state index contributed by atoms with van der Waals surface area (Å²) >= 11 is 0. The van der Waals surface area contributed by atoms with Crippen molar-refractivity contribution in [2.75, 3.05) is 20.8 Å². The molecule has 0 amide bonds. The van der Waals surface area contributed by atoms with Crippen molar-refractivity contribution in [2.45, 2.75) is 45.1 Å². The molecule has 1 saturated carbocycles. The lowest BCUT2D eigenvalue weighted by atomic mass is 9.69. The molecule has 0 aromatic heterocycles. The van der Waals surface area contributed by atoms with Gasteiger partial charge in [-0.15, -0.1) is 0 Å². The minimum Gasteiger partial charge on any atom is -0.497 e. The number of nitrogens with one attached hydrogen (secondary N) is 1. The van der Waals surface area contributed by atoms with E-state index in [4.69, 9.17) is 9.47 Å². The lowest BCUT2D eigenvalue weighted by molar-refractivity contribution is 0.221. The summed E-state index contributed by atoms with van der Waals surface area (Å²) in [5.74, 6) is 3.16. The highest BCUT2D eigenvalue weighted by Crippen LogP contribution is 2.46. The third-order valence-corrected chi connectivity index (χ3v) is 4.15. The van der Waals surface area contributed by atoms with Crippen LogP contribution in [0.15, 0.2) is 18.2 Å². The van der Waals surface area contributed by atoms with Gasteiger partial charge in [0, 0.05) is 11.1 Å². The van der Waals surface area contributed by atoms with Gasteiger partial charge in [0.25, 0.3) is 0 Å². The van der Waals surface area contributed by atoms with Gasteiger partial charge in [-0.05, 0) is 70.2 Å². The fourth-order valence-corrected chi connectivity index (χ4v) is 2.79. The van der Waals surface area contributed by atoms with Gasteiger partial charge in [-0.3, -0.25) is 0 Å². The fraction of sp³-hybridized carbons (Fsp3) is 0.647. The molecule has 1 aromatic carbocycles. The predicted octanol–water partition coefficient (Wildman–Crippen LogP) is 3.59. The number of rotatable bonds is 5. The summed E-state index contributed by atoms with van der Waals surface area (Å²) in [6.07, 6.45) is 2.52. The Kier molecular flexibility index (Phi) is 4.59. The molecular weight excluding hydrogens is 250 g/mol. The molecule has 0 saturated heterocycles. The molecule has 2 atom stereocenters. The minimum absolute atomic E-state index is 0.179. The number of ether oxygens (including phenoxy) is 2.